The van der Waals surface area contributed by atoms with Gasteiger partial charge in [-0.2, -0.15) is 0 Å². The first kappa shape index (κ1) is 13.0. The Kier molecular flexibility index (Phi) is 3.29. The zero-order valence-corrected chi connectivity index (χ0v) is 11.7. The van der Waals surface area contributed by atoms with Crippen LogP contribution in [0, 0.1) is 0 Å². The number of halogens is 2. The Bertz CT molecular complexity index is 563. The molecule has 1 fully saturated rings. The van der Waals surface area contributed by atoms with E-state index in [9.17, 15) is 4.79 Å². The smallest absolute Gasteiger partial charge is 0.252 e. The molecular formula is C14H13Cl2NO2. The first-order chi connectivity index (χ1) is 9.10. The minimum absolute atomic E-state index is 0.0777. The largest absolute Gasteiger partial charge is 0.381 e. The average molecular weight is 298 g/mol. The number of rotatable bonds is 1. The minimum Gasteiger partial charge on any atom is -0.381 e. The number of hydrogen-bond acceptors (Lipinski definition) is 2. The van der Waals surface area contributed by atoms with Gasteiger partial charge in [-0.25, -0.2) is 0 Å². The van der Waals surface area contributed by atoms with Crippen LogP contribution in [-0.4, -0.2) is 24.7 Å². The Morgan fingerprint density at radius 1 is 1.21 bits per heavy atom. The molecular weight excluding hydrogens is 285 g/mol. The Morgan fingerprint density at radius 3 is 2.63 bits per heavy atom. The molecule has 0 aliphatic carbocycles. The van der Waals surface area contributed by atoms with Crippen LogP contribution < -0.4 is 5.32 Å². The fraction of sp³-hybridized carbons (Fsp3) is 0.357. The highest BCUT2D eigenvalue weighted by Crippen LogP contribution is 2.35. The second-order valence-electron chi connectivity index (χ2n) is 4.90. The Morgan fingerprint density at radius 2 is 1.95 bits per heavy atom. The second kappa shape index (κ2) is 4.82. The van der Waals surface area contributed by atoms with Crippen LogP contribution in [0.2, 0.25) is 10.0 Å². The quantitative estimate of drug-likeness (QED) is 0.865. The monoisotopic (exact) mass is 297 g/mol. The average Bonchev–Trinajstić information content (AvgIpc) is 2.67. The summed E-state index contributed by atoms with van der Waals surface area (Å²) in [4.78, 5) is 12.2. The van der Waals surface area contributed by atoms with Gasteiger partial charge >= 0.3 is 0 Å². The van der Waals surface area contributed by atoms with Gasteiger partial charge in [0.25, 0.3) is 5.91 Å². The van der Waals surface area contributed by atoms with Crippen LogP contribution in [-0.2, 0) is 9.53 Å². The van der Waals surface area contributed by atoms with Crippen LogP contribution in [0.15, 0.2) is 24.3 Å². The third kappa shape index (κ3) is 2.38. The van der Waals surface area contributed by atoms with Crippen molar-refractivity contribution in [2.45, 2.75) is 18.4 Å². The van der Waals surface area contributed by atoms with E-state index >= 15 is 0 Å². The molecule has 5 heteroatoms. The molecule has 2 heterocycles. The van der Waals surface area contributed by atoms with Crippen LogP contribution in [0.3, 0.4) is 0 Å². The molecule has 0 unspecified atom stereocenters. The van der Waals surface area contributed by atoms with E-state index in [-0.39, 0.29) is 11.4 Å². The van der Waals surface area contributed by atoms with Crippen LogP contribution in [0.4, 0.5) is 0 Å². The van der Waals surface area contributed by atoms with Gasteiger partial charge in [-0.05, 0) is 31.1 Å². The molecule has 0 atom stereocenters. The number of hydrogen-bond donors (Lipinski definition) is 1. The Labute approximate surface area is 121 Å². The lowest BCUT2D eigenvalue weighted by Crippen LogP contribution is -2.46. The van der Waals surface area contributed by atoms with E-state index in [1.807, 2.05) is 6.08 Å². The number of carbonyl (C=O) groups excluding carboxylic acids is 1. The van der Waals surface area contributed by atoms with Crippen LogP contribution in [0.1, 0.15) is 18.4 Å². The maximum Gasteiger partial charge on any atom is 0.252 e. The first-order valence-corrected chi connectivity index (χ1v) is 6.94. The molecule has 2 aliphatic rings. The van der Waals surface area contributed by atoms with Gasteiger partial charge in [0.2, 0.25) is 0 Å². The predicted octanol–water partition coefficient (Wildman–Crippen LogP) is 3.06. The molecule has 100 valence electrons. The third-order valence-corrected chi connectivity index (χ3v) is 4.18. The topological polar surface area (TPSA) is 38.3 Å². The van der Waals surface area contributed by atoms with Gasteiger partial charge in [-0.3, -0.25) is 4.79 Å². The van der Waals surface area contributed by atoms with Crippen molar-refractivity contribution in [3.8, 4) is 0 Å². The highest BCUT2D eigenvalue weighted by atomic mass is 35.5. The maximum atomic E-state index is 12.2. The first-order valence-electron chi connectivity index (χ1n) is 6.18. The van der Waals surface area contributed by atoms with E-state index in [0.29, 0.717) is 28.8 Å². The molecule has 1 saturated heterocycles. The highest BCUT2D eigenvalue weighted by molar-refractivity contribution is 6.37. The van der Waals surface area contributed by atoms with Crippen molar-refractivity contribution in [1.82, 2.24) is 5.32 Å². The molecule has 1 aromatic rings. The summed E-state index contributed by atoms with van der Waals surface area (Å²) in [6, 6.07) is 5.18. The van der Waals surface area contributed by atoms with Gasteiger partial charge in [-0.1, -0.05) is 29.3 Å². The van der Waals surface area contributed by atoms with E-state index in [4.69, 9.17) is 27.9 Å². The normalized spacial score (nSPS) is 21.4. The number of amides is 1. The van der Waals surface area contributed by atoms with Gasteiger partial charge in [-0.15, -0.1) is 0 Å². The number of ether oxygens (including phenoxy) is 1. The lowest BCUT2D eigenvalue weighted by Gasteiger charge is -2.31. The summed E-state index contributed by atoms with van der Waals surface area (Å²) in [5.41, 5.74) is 1.09. The van der Waals surface area contributed by atoms with E-state index in [1.54, 1.807) is 18.2 Å². The van der Waals surface area contributed by atoms with E-state index in [1.165, 1.54) is 0 Å². The third-order valence-electron chi connectivity index (χ3n) is 3.63. The molecule has 2 aliphatic heterocycles. The van der Waals surface area contributed by atoms with Gasteiger partial charge in [0.15, 0.2) is 0 Å². The van der Waals surface area contributed by atoms with Crippen molar-refractivity contribution in [1.29, 1.82) is 0 Å². The molecule has 1 spiro atoms. The summed E-state index contributed by atoms with van der Waals surface area (Å²) >= 11 is 12.1. The van der Waals surface area contributed by atoms with E-state index in [2.05, 4.69) is 5.32 Å². The van der Waals surface area contributed by atoms with Crippen molar-refractivity contribution >= 4 is 34.7 Å². The zero-order chi connectivity index (χ0) is 13.5. The molecule has 1 N–H and O–H groups in total. The lowest BCUT2D eigenvalue weighted by molar-refractivity contribution is -0.116. The van der Waals surface area contributed by atoms with Crippen molar-refractivity contribution in [2.24, 2.45) is 0 Å². The van der Waals surface area contributed by atoms with Crippen LogP contribution >= 0.6 is 23.2 Å². The van der Waals surface area contributed by atoms with Gasteiger partial charge < -0.3 is 10.1 Å². The number of nitrogens with one attached hydrogen (secondary N) is 1. The zero-order valence-electron chi connectivity index (χ0n) is 10.2. The second-order valence-corrected chi connectivity index (χ2v) is 5.75. The van der Waals surface area contributed by atoms with Crippen molar-refractivity contribution < 1.29 is 9.53 Å². The molecule has 1 aromatic carbocycles. The lowest BCUT2D eigenvalue weighted by atomic mass is 9.90. The summed E-state index contributed by atoms with van der Waals surface area (Å²) in [5.74, 6) is -0.0777. The molecule has 0 bridgehead atoms. The van der Waals surface area contributed by atoms with Gasteiger partial charge in [0.1, 0.15) is 0 Å². The van der Waals surface area contributed by atoms with Gasteiger partial charge in [0.05, 0.1) is 10.6 Å². The molecule has 0 aromatic heterocycles. The predicted molar refractivity (Wildman–Crippen MR) is 75.4 cm³/mol. The fourth-order valence-corrected chi connectivity index (χ4v) is 3.09. The Hall–Kier alpha value is -1.03. The summed E-state index contributed by atoms with van der Waals surface area (Å²) in [6.45, 7) is 1.33. The number of benzene rings is 1. The SMILES string of the molecule is O=C1NC2(C=C1c1ccc(Cl)cc1Cl)CCOCC2. The standard InChI is InChI=1S/C14H13Cl2NO2/c15-9-1-2-10(12(16)7-9)11-8-14(17-13(11)18)3-5-19-6-4-14/h1-2,7-8H,3-6H2,(H,17,18). The molecule has 3 nitrogen and oxygen atoms in total. The molecule has 19 heavy (non-hydrogen) atoms. The number of carbonyl (C=O) groups is 1. The highest BCUT2D eigenvalue weighted by Gasteiger charge is 2.39. The van der Waals surface area contributed by atoms with Crippen LogP contribution in [0.25, 0.3) is 5.57 Å². The fourth-order valence-electron chi connectivity index (χ4n) is 2.58. The molecule has 1 amide bonds. The van der Waals surface area contributed by atoms with Crippen molar-refractivity contribution in [3.05, 3.63) is 39.9 Å². The summed E-state index contributed by atoms with van der Waals surface area (Å²) in [5, 5.41) is 4.12. The molecule has 0 radical (unpaired) electrons. The van der Waals surface area contributed by atoms with Gasteiger partial charge in [0, 0.05) is 29.4 Å². The molecule has 3 rings (SSSR count). The summed E-state index contributed by atoms with van der Waals surface area (Å²) < 4.78 is 5.35. The Balaban J connectivity index is 1.99. The molecule has 0 saturated carbocycles. The van der Waals surface area contributed by atoms with Crippen LogP contribution in [0.5, 0.6) is 0 Å². The minimum atomic E-state index is -0.270. The van der Waals surface area contributed by atoms with E-state index in [0.717, 1.165) is 18.4 Å². The maximum absolute atomic E-state index is 12.2. The summed E-state index contributed by atoms with van der Waals surface area (Å²) in [6.07, 6.45) is 3.59. The summed E-state index contributed by atoms with van der Waals surface area (Å²) in [7, 11) is 0. The van der Waals surface area contributed by atoms with E-state index < -0.39 is 0 Å². The van der Waals surface area contributed by atoms with Crippen molar-refractivity contribution in [2.75, 3.05) is 13.2 Å². The van der Waals surface area contributed by atoms with Crippen molar-refractivity contribution in [3.63, 3.8) is 0 Å².